The van der Waals surface area contributed by atoms with Crippen molar-refractivity contribution < 1.29 is 13.2 Å². The summed E-state index contributed by atoms with van der Waals surface area (Å²) in [5, 5.41) is 4.39. The molecule has 0 aromatic carbocycles. The van der Waals surface area contributed by atoms with E-state index >= 15 is 0 Å². The number of alkyl halides is 3. The molecule has 2 aromatic heterocycles. The maximum atomic E-state index is 13.2. The van der Waals surface area contributed by atoms with E-state index in [2.05, 4.69) is 5.10 Å². The van der Waals surface area contributed by atoms with E-state index in [4.69, 9.17) is 11.6 Å². The summed E-state index contributed by atoms with van der Waals surface area (Å²) < 4.78 is 40.6. The van der Waals surface area contributed by atoms with E-state index in [-0.39, 0.29) is 11.8 Å². The number of rotatable bonds is 2. The van der Waals surface area contributed by atoms with Crippen molar-refractivity contribution in [1.29, 1.82) is 0 Å². The number of aromatic nitrogens is 2. The summed E-state index contributed by atoms with van der Waals surface area (Å²) >= 11 is 6.22. The average molecular weight is 303 g/mol. The fraction of sp³-hybridized carbons (Fsp3) is 0.500. The Morgan fingerprint density at radius 3 is 2.45 bits per heavy atom. The molecule has 0 unspecified atom stereocenters. The Hall–Kier alpha value is -1.23. The highest BCUT2D eigenvalue weighted by molar-refractivity contribution is 6.34. The molecule has 2 aromatic rings. The summed E-state index contributed by atoms with van der Waals surface area (Å²) in [6.07, 6.45) is -2.56. The molecule has 0 radical (unpaired) electrons. The van der Waals surface area contributed by atoms with Crippen LogP contribution in [0.4, 0.5) is 13.2 Å². The van der Waals surface area contributed by atoms with Gasteiger partial charge in [0.2, 0.25) is 0 Å². The van der Waals surface area contributed by atoms with Gasteiger partial charge < -0.3 is 0 Å². The first kappa shape index (κ1) is 13.7. The number of hydrogen-bond donors (Lipinski definition) is 0. The minimum absolute atomic E-state index is 0.0205. The van der Waals surface area contributed by atoms with Crippen LogP contribution in [0.2, 0.25) is 5.02 Å². The fourth-order valence-electron chi connectivity index (χ4n) is 2.38. The molecule has 20 heavy (non-hydrogen) atoms. The van der Waals surface area contributed by atoms with Crippen molar-refractivity contribution in [2.24, 2.45) is 0 Å². The molecule has 2 heterocycles. The third-order valence-corrected chi connectivity index (χ3v) is 3.99. The number of hydrogen-bond acceptors (Lipinski definition) is 1. The lowest BCUT2D eigenvalue weighted by atomic mass is 10.1. The molecule has 0 N–H and O–H groups in total. The molecule has 0 aliphatic heterocycles. The zero-order valence-electron chi connectivity index (χ0n) is 11.1. The molecule has 1 fully saturated rings. The maximum Gasteiger partial charge on any atom is 0.433 e. The average Bonchev–Trinajstić information content (AvgIpc) is 3.12. The molecule has 0 spiro atoms. The first-order chi connectivity index (χ1) is 9.29. The second kappa shape index (κ2) is 4.38. The van der Waals surface area contributed by atoms with Gasteiger partial charge in [0, 0.05) is 0 Å². The van der Waals surface area contributed by atoms with Gasteiger partial charge in [0.25, 0.3) is 0 Å². The SMILES string of the molecule is CC(C)c1nn2c(C(F)(F)F)cc(C3CC3)cc2c1Cl. The van der Waals surface area contributed by atoms with E-state index in [1.54, 1.807) is 6.07 Å². The van der Waals surface area contributed by atoms with E-state index in [1.165, 1.54) is 6.07 Å². The summed E-state index contributed by atoms with van der Waals surface area (Å²) in [5.74, 6) is 0.211. The highest BCUT2D eigenvalue weighted by atomic mass is 35.5. The van der Waals surface area contributed by atoms with Crippen LogP contribution in [0.5, 0.6) is 0 Å². The molecule has 108 valence electrons. The van der Waals surface area contributed by atoms with E-state index < -0.39 is 11.9 Å². The van der Waals surface area contributed by atoms with Gasteiger partial charge in [-0.2, -0.15) is 18.3 Å². The first-order valence-electron chi connectivity index (χ1n) is 6.58. The van der Waals surface area contributed by atoms with Gasteiger partial charge in [-0.3, -0.25) is 0 Å². The van der Waals surface area contributed by atoms with E-state index in [1.807, 2.05) is 13.8 Å². The molecule has 0 amide bonds. The summed E-state index contributed by atoms with van der Waals surface area (Å²) in [6, 6.07) is 2.95. The minimum atomic E-state index is -4.44. The standard InChI is InChI=1S/C14H14ClF3N2/c1-7(2)13-12(15)10-5-9(8-3-4-8)6-11(14(16,17)18)20(10)19-13/h5-8H,3-4H2,1-2H3. The number of pyridine rings is 1. The van der Waals surface area contributed by atoms with Crippen LogP contribution in [0.1, 0.15) is 55.5 Å². The molecule has 0 saturated heterocycles. The Kier molecular flexibility index (Phi) is 3.01. The van der Waals surface area contributed by atoms with Crippen LogP contribution in [0.15, 0.2) is 12.1 Å². The van der Waals surface area contributed by atoms with Crippen molar-refractivity contribution in [2.75, 3.05) is 0 Å². The van der Waals surface area contributed by atoms with E-state index in [9.17, 15) is 13.2 Å². The van der Waals surface area contributed by atoms with E-state index in [0.29, 0.717) is 21.8 Å². The monoisotopic (exact) mass is 302 g/mol. The molecule has 1 aliphatic carbocycles. The second-order valence-corrected chi connectivity index (χ2v) is 5.97. The van der Waals surface area contributed by atoms with Crippen LogP contribution in [-0.4, -0.2) is 9.61 Å². The van der Waals surface area contributed by atoms with Gasteiger partial charge in [0.15, 0.2) is 0 Å². The van der Waals surface area contributed by atoms with Crippen molar-refractivity contribution in [3.63, 3.8) is 0 Å². The normalized spacial score (nSPS) is 16.4. The van der Waals surface area contributed by atoms with Crippen LogP contribution in [0.3, 0.4) is 0 Å². The smallest absolute Gasteiger partial charge is 0.227 e. The van der Waals surface area contributed by atoms with Crippen LogP contribution < -0.4 is 0 Å². The van der Waals surface area contributed by atoms with Crippen molar-refractivity contribution in [3.8, 4) is 0 Å². The largest absolute Gasteiger partial charge is 0.433 e. The van der Waals surface area contributed by atoms with Crippen molar-refractivity contribution in [2.45, 2.75) is 44.7 Å². The van der Waals surface area contributed by atoms with Crippen molar-refractivity contribution >= 4 is 17.1 Å². The van der Waals surface area contributed by atoms with Crippen LogP contribution in [0, 0.1) is 0 Å². The molecular formula is C14H14ClF3N2. The highest BCUT2D eigenvalue weighted by Crippen LogP contribution is 2.43. The van der Waals surface area contributed by atoms with Gasteiger partial charge in [0.1, 0.15) is 5.69 Å². The Labute approximate surface area is 119 Å². The van der Waals surface area contributed by atoms with Gasteiger partial charge in [-0.15, -0.1) is 0 Å². The Morgan fingerprint density at radius 1 is 1.30 bits per heavy atom. The Morgan fingerprint density at radius 2 is 1.95 bits per heavy atom. The summed E-state index contributed by atoms with van der Waals surface area (Å²) in [6.45, 7) is 3.73. The molecule has 1 aliphatic rings. The number of fused-ring (bicyclic) bond motifs is 1. The lowest BCUT2D eigenvalue weighted by Gasteiger charge is -2.11. The highest BCUT2D eigenvalue weighted by Gasteiger charge is 2.37. The minimum Gasteiger partial charge on any atom is -0.227 e. The number of halogens is 4. The van der Waals surface area contributed by atoms with Gasteiger partial charge in [-0.25, -0.2) is 4.52 Å². The van der Waals surface area contributed by atoms with Gasteiger partial charge in [0.05, 0.1) is 16.2 Å². The summed E-state index contributed by atoms with van der Waals surface area (Å²) in [7, 11) is 0. The predicted molar refractivity (Wildman–Crippen MR) is 71.3 cm³/mol. The molecule has 0 atom stereocenters. The summed E-state index contributed by atoms with van der Waals surface area (Å²) in [5.41, 5.74) is 0.824. The van der Waals surface area contributed by atoms with E-state index in [0.717, 1.165) is 17.4 Å². The van der Waals surface area contributed by atoms with Crippen LogP contribution in [0.25, 0.3) is 5.52 Å². The quantitative estimate of drug-likeness (QED) is 0.762. The van der Waals surface area contributed by atoms with Crippen LogP contribution in [-0.2, 0) is 6.18 Å². The lowest BCUT2D eigenvalue weighted by Crippen LogP contribution is -2.13. The van der Waals surface area contributed by atoms with Gasteiger partial charge >= 0.3 is 6.18 Å². The summed E-state index contributed by atoms with van der Waals surface area (Å²) in [4.78, 5) is 0. The predicted octanol–water partition coefficient (Wildman–Crippen LogP) is 5.01. The second-order valence-electron chi connectivity index (χ2n) is 5.60. The van der Waals surface area contributed by atoms with Gasteiger partial charge in [-0.1, -0.05) is 25.4 Å². The third-order valence-electron chi connectivity index (χ3n) is 3.61. The zero-order valence-corrected chi connectivity index (χ0v) is 11.9. The molecule has 1 saturated carbocycles. The van der Waals surface area contributed by atoms with Crippen LogP contribution >= 0.6 is 11.6 Å². The lowest BCUT2D eigenvalue weighted by molar-refractivity contribution is -0.142. The van der Waals surface area contributed by atoms with Crippen molar-refractivity contribution in [3.05, 3.63) is 34.1 Å². The molecule has 0 bridgehead atoms. The fourth-order valence-corrected chi connectivity index (χ4v) is 2.77. The number of nitrogens with zero attached hydrogens (tertiary/aromatic N) is 2. The molecule has 2 nitrogen and oxygen atoms in total. The van der Waals surface area contributed by atoms with Gasteiger partial charge in [-0.05, 0) is 42.4 Å². The topological polar surface area (TPSA) is 17.3 Å². The maximum absolute atomic E-state index is 13.2. The van der Waals surface area contributed by atoms with Crippen molar-refractivity contribution in [1.82, 2.24) is 9.61 Å². The third kappa shape index (κ3) is 2.18. The molecular weight excluding hydrogens is 289 g/mol. The Balaban J connectivity index is 2.31. The molecule has 6 heteroatoms. The molecule has 3 rings (SSSR count). The zero-order chi connectivity index (χ0) is 14.7. The Bertz CT molecular complexity index is 669. The first-order valence-corrected chi connectivity index (χ1v) is 6.96.